The summed E-state index contributed by atoms with van der Waals surface area (Å²) >= 11 is 6.22. The molecule has 1 aliphatic carbocycles. The van der Waals surface area contributed by atoms with E-state index in [1.54, 1.807) is 29.2 Å². The van der Waals surface area contributed by atoms with Crippen molar-refractivity contribution in [3.8, 4) is 0 Å². The van der Waals surface area contributed by atoms with E-state index in [2.05, 4.69) is 6.07 Å². The van der Waals surface area contributed by atoms with E-state index in [1.807, 2.05) is 30.0 Å². The maximum atomic E-state index is 13.3. The Morgan fingerprint density at radius 2 is 1.87 bits per heavy atom. The molecule has 1 saturated heterocycles. The molecule has 2 amide bonds. The number of carboxylic acid groups (broad SMARTS) is 1. The molecule has 3 N–H and O–H groups in total. The second-order valence-electron chi connectivity index (χ2n) is 8.73. The van der Waals surface area contributed by atoms with Crippen LogP contribution >= 0.6 is 11.6 Å². The smallest absolute Gasteiger partial charge is 0.335 e. The lowest BCUT2D eigenvalue weighted by Gasteiger charge is -2.42. The summed E-state index contributed by atoms with van der Waals surface area (Å²) in [6.07, 6.45) is 3.63. The average Bonchev–Trinajstić information content (AvgIpc) is 3.07. The van der Waals surface area contributed by atoms with Crippen LogP contribution in [0.3, 0.4) is 0 Å². The van der Waals surface area contributed by atoms with Gasteiger partial charge in [0, 0.05) is 35.3 Å². The SMILES string of the molecule is C[C@@H]1CN([C@H]2CC[C@](CN)(c3cccc(Cl)c3)CC2)C(=O)N1c1ccc(C(=O)O)cc1. The molecule has 1 saturated carbocycles. The van der Waals surface area contributed by atoms with Gasteiger partial charge in [-0.15, -0.1) is 0 Å². The first-order chi connectivity index (χ1) is 14.8. The fraction of sp³-hybridized carbons (Fsp3) is 0.417. The van der Waals surface area contributed by atoms with Crippen molar-refractivity contribution < 1.29 is 14.7 Å². The molecule has 2 aromatic carbocycles. The zero-order valence-electron chi connectivity index (χ0n) is 17.6. The molecular formula is C24H28ClN3O3. The van der Waals surface area contributed by atoms with Crippen LogP contribution in [0, 0.1) is 0 Å². The van der Waals surface area contributed by atoms with Gasteiger partial charge < -0.3 is 15.7 Å². The third-order valence-electron chi connectivity index (χ3n) is 6.93. The summed E-state index contributed by atoms with van der Waals surface area (Å²) in [5.41, 5.74) is 8.26. The summed E-state index contributed by atoms with van der Waals surface area (Å²) in [6.45, 7) is 3.26. The molecule has 2 fully saturated rings. The number of nitrogens with two attached hydrogens (primary N) is 1. The van der Waals surface area contributed by atoms with Crippen LogP contribution in [0.1, 0.15) is 48.5 Å². The van der Waals surface area contributed by atoms with Crippen molar-refractivity contribution in [1.29, 1.82) is 0 Å². The van der Waals surface area contributed by atoms with Crippen molar-refractivity contribution in [3.05, 3.63) is 64.7 Å². The number of carbonyl (C=O) groups excluding carboxylic acids is 1. The molecule has 2 aliphatic rings. The Bertz CT molecular complexity index is 970. The van der Waals surface area contributed by atoms with Crippen LogP contribution in [-0.2, 0) is 5.41 Å². The predicted octanol–water partition coefficient (Wildman–Crippen LogP) is 4.51. The molecule has 1 heterocycles. The fourth-order valence-electron chi connectivity index (χ4n) is 5.10. The van der Waals surface area contributed by atoms with E-state index < -0.39 is 5.97 Å². The number of urea groups is 1. The number of carboxylic acids is 1. The highest BCUT2D eigenvalue weighted by Gasteiger charge is 2.43. The number of aromatic carboxylic acids is 1. The number of rotatable bonds is 5. The van der Waals surface area contributed by atoms with E-state index in [0.717, 1.165) is 36.4 Å². The number of anilines is 1. The van der Waals surface area contributed by atoms with E-state index in [-0.39, 0.29) is 29.1 Å². The van der Waals surface area contributed by atoms with Crippen LogP contribution in [-0.4, -0.2) is 47.2 Å². The summed E-state index contributed by atoms with van der Waals surface area (Å²) in [6, 6.07) is 14.7. The van der Waals surface area contributed by atoms with Gasteiger partial charge in [-0.1, -0.05) is 23.7 Å². The predicted molar refractivity (Wildman–Crippen MR) is 122 cm³/mol. The molecule has 0 unspecified atom stereocenters. The fourth-order valence-corrected chi connectivity index (χ4v) is 5.29. The van der Waals surface area contributed by atoms with E-state index in [1.165, 1.54) is 5.56 Å². The first-order valence-corrected chi connectivity index (χ1v) is 11.1. The number of nitrogens with zero attached hydrogens (tertiary/aromatic N) is 2. The minimum absolute atomic E-state index is 0.0106. The first kappa shape index (κ1) is 21.7. The Hall–Kier alpha value is -2.57. The van der Waals surface area contributed by atoms with Gasteiger partial charge >= 0.3 is 12.0 Å². The van der Waals surface area contributed by atoms with Crippen molar-refractivity contribution in [2.45, 2.75) is 50.1 Å². The van der Waals surface area contributed by atoms with E-state index in [0.29, 0.717) is 13.1 Å². The summed E-state index contributed by atoms with van der Waals surface area (Å²) in [5, 5.41) is 9.84. The number of hydrogen-bond acceptors (Lipinski definition) is 3. The molecule has 164 valence electrons. The lowest BCUT2D eigenvalue weighted by molar-refractivity contribution is 0.0697. The third-order valence-corrected chi connectivity index (χ3v) is 7.16. The van der Waals surface area contributed by atoms with Gasteiger partial charge in [0.2, 0.25) is 0 Å². The minimum atomic E-state index is -0.973. The summed E-state index contributed by atoms with van der Waals surface area (Å²) < 4.78 is 0. The zero-order valence-corrected chi connectivity index (χ0v) is 18.4. The Morgan fingerprint density at radius 3 is 2.45 bits per heavy atom. The molecule has 4 rings (SSSR count). The Morgan fingerprint density at radius 1 is 1.19 bits per heavy atom. The van der Waals surface area contributed by atoms with Crippen LogP contribution < -0.4 is 10.6 Å². The Balaban J connectivity index is 1.47. The van der Waals surface area contributed by atoms with Crippen LogP contribution in [0.4, 0.5) is 10.5 Å². The molecule has 0 aromatic heterocycles. The molecule has 1 aliphatic heterocycles. The van der Waals surface area contributed by atoms with Crippen LogP contribution in [0.25, 0.3) is 0 Å². The van der Waals surface area contributed by atoms with Crippen LogP contribution in [0.5, 0.6) is 0 Å². The van der Waals surface area contributed by atoms with Gasteiger partial charge in [0.15, 0.2) is 0 Å². The molecule has 0 bridgehead atoms. The largest absolute Gasteiger partial charge is 0.478 e. The number of carbonyl (C=O) groups is 2. The van der Waals surface area contributed by atoms with E-state index >= 15 is 0 Å². The van der Waals surface area contributed by atoms with Crippen LogP contribution in [0.2, 0.25) is 5.02 Å². The van der Waals surface area contributed by atoms with E-state index in [4.69, 9.17) is 22.4 Å². The van der Waals surface area contributed by atoms with Crippen molar-refractivity contribution in [1.82, 2.24) is 4.90 Å². The zero-order chi connectivity index (χ0) is 22.2. The lowest BCUT2D eigenvalue weighted by atomic mass is 9.68. The number of hydrogen-bond donors (Lipinski definition) is 2. The van der Waals surface area contributed by atoms with Gasteiger partial charge in [0.25, 0.3) is 0 Å². The summed E-state index contributed by atoms with van der Waals surface area (Å²) in [4.78, 5) is 28.1. The Kier molecular flexibility index (Phi) is 5.95. The monoisotopic (exact) mass is 441 g/mol. The second kappa shape index (κ2) is 8.52. The normalized spacial score (nSPS) is 26.4. The lowest BCUT2D eigenvalue weighted by Crippen LogP contribution is -2.46. The molecule has 1 atom stereocenters. The topological polar surface area (TPSA) is 86.9 Å². The average molecular weight is 442 g/mol. The molecule has 2 aromatic rings. The number of halogens is 1. The van der Waals surface area contributed by atoms with Gasteiger partial charge in [-0.3, -0.25) is 4.90 Å². The molecule has 31 heavy (non-hydrogen) atoms. The highest BCUT2D eigenvalue weighted by atomic mass is 35.5. The number of benzene rings is 2. The van der Waals surface area contributed by atoms with Crippen molar-refractivity contribution in [2.24, 2.45) is 5.73 Å². The van der Waals surface area contributed by atoms with Gasteiger partial charge in [0.1, 0.15) is 0 Å². The molecule has 6 nitrogen and oxygen atoms in total. The summed E-state index contributed by atoms with van der Waals surface area (Å²) in [5.74, 6) is -0.973. The first-order valence-electron chi connectivity index (χ1n) is 10.7. The standard InChI is InChI=1S/C24H28ClN3O3/c1-16-14-27(23(31)28(16)21-7-5-17(6-8-21)22(29)30)20-9-11-24(15-26,12-10-20)18-3-2-4-19(25)13-18/h2-8,13,16,20H,9-12,14-15,26H2,1H3,(H,29,30)/t16-,20-,24-/m1/s1. The van der Waals surface area contributed by atoms with Crippen molar-refractivity contribution in [2.75, 3.05) is 18.0 Å². The van der Waals surface area contributed by atoms with Gasteiger partial charge in [0.05, 0.1) is 11.6 Å². The van der Waals surface area contributed by atoms with Gasteiger partial charge in [-0.05, 0) is 74.6 Å². The van der Waals surface area contributed by atoms with Crippen molar-refractivity contribution in [3.63, 3.8) is 0 Å². The van der Waals surface area contributed by atoms with Gasteiger partial charge in [-0.25, -0.2) is 9.59 Å². The molecule has 0 spiro atoms. The highest BCUT2D eigenvalue weighted by molar-refractivity contribution is 6.30. The highest BCUT2D eigenvalue weighted by Crippen LogP contribution is 2.42. The third kappa shape index (κ3) is 4.02. The molecule has 7 heteroatoms. The minimum Gasteiger partial charge on any atom is -0.478 e. The maximum absolute atomic E-state index is 13.3. The van der Waals surface area contributed by atoms with Crippen LogP contribution in [0.15, 0.2) is 48.5 Å². The second-order valence-corrected chi connectivity index (χ2v) is 9.17. The Labute approximate surface area is 187 Å². The van der Waals surface area contributed by atoms with Crippen molar-refractivity contribution >= 4 is 29.3 Å². The molecular weight excluding hydrogens is 414 g/mol. The van der Waals surface area contributed by atoms with E-state index in [9.17, 15) is 9.59 Å². The van der Waals surface area contributed by atoms with Gasteiger partial charge in [-0.2, -0.15) is 0 Å². The summed E-state index contributed by atoms with van der Waals surface area (Å²) in [7, 11) is 0. The number of amides is 2. The molecule has 0 radical (unpaired) electrons. The maximum Gasteiger partial charge on any atom is 0.335 e. The quantitative estimate of drug-likeness (QED) is 0.714.